The molecule has 2 fully saturated rings. The number of alkyl halides is 2. The standard InChI is InChI=1S/C25H30F2N4O3/c1-15(2)19-7-5-6-8-21(19)31(18-11-25(12-18)13-30(14-25)17(4)32)24(33)29-20-10-9-16(3)28-22(20)34-23(26)27/h5-10,15,18,23H,11-14H2,1-4H3,(H,29,33). The van der Waals surface area contributed by atoms with E-state index in [0.29, 0.717) is 18.8 Å². The summed E-state index contributed by atoms with van der Waals surface area (Å²) in [7, 11) is 0. The molecule has 2 heterocycles. The summed E-state index contributed by atoms with van der Waals surface area (Å²) in [6.45, 7) is 5.70. The van der Waals surface area contributed by atoms with E-state index in [4.69, 9.17) is 0 Å². The predicted octanol–water partition coefficient (Wildman–Crippen LogP) is 5.16. The van der Waals surface area contributed by atoms with Gasteiger partial charge >= 0.3 is 12.6 Å². The molecule has 1 aliphatic carbocycles. The highest BCUT2D eigenvalue weighted by Gasteiger charge is 2.55. The van der Waals surface area contributed by atoms with Gasteiger partial charge in [0.15, 0.2) is 0 Å². The van der Waals surface area contributed by atoms with Crippen molar-refractivity contribution in [1.82, 2.24) is 9.88 Å². The number of para-hydroxylation sites is 1. The number of pyridine rings is 1. The average Bonchev–Trinajstić information content (AvgIpc) is 2.70. The number of benzene rings is 1. The Balaban J connectivity index is 1.61. The number of ether oxygens (including phenoxy) is 1. The fourth-order valence-electron chi connectivity index (χ4n) is 5.01. The van der Waals surface area contributed by atoms with Gasteiger partial charge in [0.1, 0.15) is 5.69 Å². The molecule has 7 nitrogen and oxygen atoms in total. The zero-order valence-corrected chi connectivity index (χ0v) is 19.8. The van der Waals surface area contributed by atoms with Gasteiger partial charge in [0.25, 0.3) is 0 Å². The van der Waals surface area contributed by atoms with Crippen LogP contribution in [-0.2, 0) is 4.79 Å². The Bertz CT molecular complexity index is 1080. The number of aromatic nitrogens is 1. The number of anilines is 2. The zero-order chi connectivity index (χ0) is 24.6. The Morgan fingerprint density at radius 2 is 1.85 bits per heavy atom. The third kappa shape index (κ3) is 4.69. The highest BCUT2D eigenvalue weighted by atomic mass is 19.3. The number of nitrogens with zero attached hydrogens (tertiary/aromatic N) is 3. The van der Waals surface area contributed by atoms with Gasteiger partial charge in [-0.15, -0.1) is 0 Å². The number of rotatable bonds is 6. The molecule has 0 radical (unpaired) electrons. The van der Waals surface area contributed by atoms with Crippen molar-refractivity contribution in [3.05, 3.63) is 47.7 Å². The molecule has 4 rings (SSSR count). The molecule has 1 saturated carbocycles. The predicted molar refractivity (Wildman–Crippen MR) is 125 cm³/mol. The number of hydrogen-bond donors (Lipinski definition) is 1. The smallest absolute Gasteiger partial charge is 0.388 e. The average molecular weight is 473 g/mol. The van der Waals surface area contributed by atoms with Crippen molar-refractivity contribution >= 4 is 23.3 Å². The summed E-state index contributed by atoms with van der Waals surface area (Å²) in [6.07, 6.45) is 1.53. The zero-order valence-electron chi connectivity index (χ0n) is 19.8. The number of carbonyl (C=O) groups is 2. The lowest BCUT2D eigenvalue weighted by Crippen LogP contribution is -2.68. The molecule has 3 amide bonds. The first-order chi connectivity index (χ1) is 16.1. The van der Waals surface area contributed by atoms with Crippen molar-refractivity contribution in [2.24, 2.45) is 5.41 Å². The number of nitrogens with one attached hydrogen (secondary N) is 1. The highest BCUT2D eigenvalue weighted by Crippen LogP contribution is 2.51. The largest absolute Gasteiger partial charge is 0.415 e. The first-order valence-electron chi connectivity index (χ1n) is 11.5. The van der Waals surface area contributed by atoms with Crippen molar-refractivity contribution in [1.29, 1.82) is 0 Å². The molecule has 1 saturated heterocycles. The topological polar surface area (TPSA) is 74.8 Å². The van der Waals surface area contributed by atoms with Crippen molar-refractivity contribution in [3.63, 3.8) is 0 Å². The minimum atomic E-state index is -3.06. The van der Waals surface area contributed by atoms with Crippen LogP contribution < -0.4 is 15.0 Å². The Kier molecular flexibility index (Phi) is 6.47. The van der Waals surface area contributed by atoms with Gasteiger partial charge < -0.3 is 15.0 Å². The minimum Gasteiger partial charge on any atom is -0.415 e. The maximum Gasteiger partial charge on any atom is 0.388 e. The van der Waals surface area contributed by atoms with E-state index in [1.54, 1.807) is 24.8 Å². The summed E-state index contributed by atoms with van der Waals surface area (Å²) in [5.74, 6) is -0.0786. The molecule has 0 atom stereocenters. The van der Waals surface area contributed by atoms with E-state index in [0.717, 1.165) is 24.1 Å². The minimum absolute atomic E-state index is 0.0387. The Morgan fingerprint density at radius 1 is 1.18 bits per heavy atom. The first kappa shape index (κ1) is 23.9. The van der Waals surface area contributed by atoms with Crippen LogP contribution in [0.3, 0.4) is 0 Å². The fraction of sp³-hybridized carbons (Fsp3) is 0.480. The number of amides is 3. The van der Waals surface area contributed by atoms with E-state index >= 15 is 0 Å². The lowest BCUT2D eigenvalue weighted by atomic mass is 9.60. The normalized spacial score (nSPS) is 16.9. The quantitative estimate of drug-likeness (QED) is 0.630. The van der Waals surface area contributed by atoms with Gasteiger partial charge in [0.05, 0.1) is 0 Å². The van der Waals surface area contributed by atoms with Crippen LogP contribution in [0.1, 0.15) is 50.8 Å². The Morgan fingerprint density at radius 3 is 2.47 bits per heavy atom. The van der Waals surface area contributed by atoms with E-state index in [1.165, 1.54) is 6.07 Å². The van der Waals surface area contributed by atoms with Crippen LogP contribution in [0.5, 0.6) is 5.88 Å². The molecule has 0 unspecified atom stereocenters. The molecule has 1 aromatic carbocycles. The van der Waals surface area contributed by atoms with Gasteiger partial charge in [-0.2, -0.15) is 8.78 Å². The number of carbonyl (C=O) groups excluding carboxylic acids is 2. The fourth-order valence-corrected chi connectivity index (χ4v) is 5.01. The van der Waals surface area contributed by atoms with Crippen molar-refractivity contribution < 1.29 is 23.1 Å². The van der Waals surface area contributed by atoms with Crippen molar-refractivity contribution in [3.8, 4) is 5.88 Å². The third-order valence-corrected chi connectivity index (χ3v) is 6.68. The number of aryl methyl sites for hydroxylation is 1. The van der Waals surface area contributed by atoms with Gasteiger partial charge in [-0.25, -0.2) is 9.78 Å². The van der Waals surface area contributed by atoms with Gasteiger partial charge in [-0.3, -0.25) is 9.69 Å². The summed E-state index contributed by atoms with van der Waals surface area (Å²) in [4.78, 5) is 32.8. The molecular weight excluding hydrogens is 442 g/mol. The van der Waals surface area contributed by atoms with Gasteiger partial charge in [0, 0.05) is 42.9 Å². The van der Waals surface area contributed by atoms with E-state index in [1.807, 2.05) is 29.2 Å². The van der Waals surface area contributed by atoms with E-state index in [-0.39, 0.29) is 34.8 Å². The second kappa shape index (κ2) is 9.19. The SMILES string of the molecule is CC(=O)N1CC2(CC(N(C(=O)Nc3ccc(C)nc3OC(F)F)c3ccccc3C(C)C)C2)C1. The van der Waals surface area contributed by atoms with Crippen LogP contribution >= 0.6 is 0 Å². The number of halogens is 2. The number of likely N-dealkylation sites (tertiary alicyclic amines) is 1. The summed E-state index contributed by atoms with van der Waals surface area (Å²) in [5.41, 5.74) is 2.43. The van der Waals surface area contributed by atoms with Crippen molar-refractivity contribution in [2.45, 2.75) is 59.1 Å². The summed E-state index contributed by atoms with van der Waals surface area (Å²) >= 11 is 0. The van der Waals surface area contributed by atoms with Crippen LogP contribution in [0.2, 0.25) is 0 Å². The molecule has 1 spiro atoms. The Hall–Kier alpha value is -3.23. The maximum atomic E-state index is 13.6. The van der Waals surface area contributed by atoms with Crippen molar-refractivity contribution in [2.75, 3.05) is 23.3 Å². The highest BCUT2D eigenvalue weighted by molar-refractivity contribution is 6.03. The van der Waals surface area contributed by atoms with Crippen LogP contribution in [0, 0.1) is 12.3 Å². The summed E-state index contributed by atoms with van der Waals surface area (Å²) in [6, 6.07) is 10.4. The van der Waals surface area contributed by atoms with Crippen LogP contribution in [0.25, 0.3) is 0 Å². The van der Waals surface area contributed by atoms with E-state index in [2.05, 4.69) is 28.9 Å². The van der Waals surface area contributed by atoms with Gasteiger partial charge in [-0.1, -0.05) is 32.0 Å². The third-order valence-electron chi connectivity index (χ3n) is 6.68. The monoisotopic (exact) mass is 472 g/mol. The first-order valence-corrected chi connectivity index (χ1v) is 11.5. The van der Waals surface area contributed by atoms with Crippen LogP contribution in [0.15, 0.2) is 36.4 Å². The summed E-state index contributed by atoms with van der Waals surface area (Å²) in [5, 5.41) is 2.75. The van der Waals surface area contributed by atoms with Gasteiger partial charge in [0.2, 0.25) is 11.8 Å². The maximum absolute atomic E-state index is 13.6. The lowest BCUT2D eigenvalue weighted by Gasteiger charge is -2.60. The van der Waals surface area contributed by atoms with Crippen LogP contribution in [-0.4, -0.2) is 47.6 Å². The molecule has 34 heavy (non-hydrogen) atoms. The van der Waals surface area contributed by atoms with Crippen LogP contribution in [0.4, 0.5) is 25.0 Å². The lowest BCUT2D eigenvalue weighted by molar-refractivity contribution is -0.148. The molecule has 1 N–H and O–H groups in total. The number of hydrogen-bond acceptors (Lipinski definition) is 4. The second-order valence-electron chi connectivity index (χ2n) is 9.63. The van der Waals surface area contributed by atoms with Gasteiger partial charge in [-0.05, 0) is 49.4 Å². The Labute approximate surface area is 198 Å². The molecule has 9 heteroatoms. The summed E-state index contributed by atoms with van der Waals surface area (Å²) < 4.78 is 30.4. The molecule has 182 valence electrons. The van der Waals surface area contributed by atoms with E-state index in [9.17, 15) is 18.4 Å². The second-order valence-corrected chi connectivity index (χ2v) is 9.63. The molecular formula is C25H30F2N4O3. The molecule has 0 bridgehead atoms. The molecule has 2 aliphatic rings. The molecule has 1 aromatic heterocycles. The number of urea groups is 1. The molecule has 2 aromatic rings. The molecule has 1 aliphatic heterocycles. The van der Waals surface area contributed by atoms with E-state index < -0.39 is 12.6 Å².